The van der Waals surface area contributed by atoms with Crippen molar-refractivity contribution in [3.8, 4) is 17.2 Å². The van der Waals surface area contributed by atoms with Gasteiger partial charge in [0.25, 0.3) is 5.91 Å². The molecule has 0 spiro atoms. The number of halogens is 1. The molecule has 3 aromatic carbocycles. The number of amides is 1. The van der Waals surface area contributed by atoms with Gasteiger partial charge in [0.15, 0.2) is 23.9 Å². The zero-order valence-corrected chi connectivity index (χ0v) is 17.7. The van der Waals surface area contributed by atoms with E-state index in [0.717, 1.165) is 11.1 Å². The first kappa shape index (κ1) is 21.5. The first-order chi connectivity index (χ1) is 15.5. The fourth-order valence-electron chi connectivity index (χ4n) is 3.34. The molecule has 0 bridgehead atoms. The Balaban J connectivity index is 1.53. The standard InChI is InChI=1S/C24H20ClNO6/c25-19-8-4-7-18(24(28)29)23(19)30-14-22(27)26(12-16-5-2-1-3-6-16)13-17-9-10-20-21(11-17)32-15-31-20/h1-11H,12-15H2,(H,28,29). The van der Waals surface area contributed by atoms with Gasteiger partial charge in [-0.2, -0.15) is 0 Å². The van der Waals surface area contributed by atoms with Crippen molar-refractivity contribution in [2.24, 2.45) is 0 Å². The van der Waals surface area contributed by atoms with Gasteiger partial charge in [0.1, 0.15) is 5.56 Å². The van der Waals surface area contributed by atoms with E-state index in [1.165, 1.54) is 18.2 Å². The van der Waals surface area contributed by atoms with E-state index in [0.29, 0.717) is 24.6 Å². The summed E-state index contributed by atoms with van der Waals surface area (Å²) in [5, 5.41) is 9.50. The maximum absolute atomic E-state index is 13.1. The number of rotatable bonds is 8. The molecule has 1 aliphatic rings. The number of hydrogen-bond donors (Lipinski definition) is 1. The highest BCUT2D eigenvalue weighted by molar-refractivity contribution is 6.32. The van der Waals surface area contributed by atoms with Gasteiger partial charge in [-0.15, -0.1) is 0 Å². The van der Waals surface area contributed by atoms with Gasteiger partial charge in [-0.25, -0.2) is 4.79 Å². The average Bonchev–Trinajstić information content (AvgIpc) is 3.26. The number of carbonyl (C=O) groups is 2. The number of carboxylic acids is 1. The second-order valence-electron chi connectivity index (χ2n) is 7.13. The molecule has 1 amide bonds. The number of ether oxygens (including phenoxy) is 3. The first-order valence-corrected chi connectivity index (χ1v) is 10.2. The number of aromatic carboxylic acids is 1. The number of carboxylic acid groups (broad SMARTS) is 1. The van der Waals surface area contributed by atoms with E-state index in [-0.39, 0.29) is 35.6 Å². The molecule has 1 heterocycles. The molecule has 0 radical (unpaired) electrons. The maximum atomic E-state index is 13.1. The predicted molar refractivity (Wildman–Crippen MR) is 117 cm³/mol. The fraction of sp³-hybridized carbons (Fsp3) is 0.167. The summed E-state index contributed by atoms with van der Waals surface area (Å²) in [4.78, 5) is 26.2. The van der Waals surface area contributed by atoms with Crippen molar-refractivity contribution in [3.05, 3.63) is 88.4 Å². The molecule has 0 unspecified atom stereocenters. The van der Waals surface area contributed by atoms with Crippen LogP contribution < -0.4 is 14.2 Å². The largest absolute Gasteiger partial charge is 0.481 e. The quantitative estimate of drug-likeness (QED) is 0.545. The molecule has 0 saturated heterocycles. The Morgan fingerprint density at radius 3 is 2.47 bits per heavy atom. The van der Waals surface area contributed by atoms with Gasteiger partial charge in [-0.3, -0.25) is 4.79 Å². The summed E-state index contributed by atoms with van der Waals surface area (Å²) in [5.74, 6) is -0.233. The highest BCUT2D eigenvalue weighted by atomic mass is 35.5. The predicted octanol–water partition coefficient (Wildman–Crippen LogP) is 4.37. The first-order valence-electron chi connectivity index (χ1n) is 9.86. The van der Waals surface area contributed by atoms with Crippen LogP contribution in [0.25, 0.3) is 0 Å². The summed E-state index contributed by atoms with van der Waals surface area (Å²) in [5.41, 5.74) is 1.71. The minimum atomic E-state index is -1.18. The highest BCUT2D eigenvalue weighted by Gasteiger charge is 2.21. The van der Waals surface area contributed by atoms with E-state index in [1.54, 1.807) is 4.90 Å². The summed E-state index contributed by atoms with van der Waals surface area (Å²) in [6, 6.07) is 19.5. The van der Waals surface area contributed by atoms with Crippen molar-refractivity contribution < 1.29 is 28.9 Å². The van der Waals surface area contributed by atoms with Crippen LogP contribution >= 0.6 is 11.6 Å². The van der Waals surface area contributed by atoms with E-state index in [9.17, 15) is 14.7 Å². The molecular weight excluding hydrogens is 434 g/mol. The minimum Gasteiger partial charge on any atom is -0.481 e. The Bertz CT molecular complexity index is 1130. The van der Waals surface area contributed by atoms with Crippen LogP contribution in [0, 0.1) is 0 Å². The third kappa shape index (κ3) is 4.95. The molecule has 0 aromatic heterocycles. The van der Waals surface area contributed by atoms with Crippen LogP contribution in [-0.2, 0) is 17.9 Å². The maximum Gasteiger partial charge on any atom is 0.339 e. The molecule has 1 aliphatic heterocycles. The second-order valence-corrected chi connectivity index (χ2v) is 7.54. The SMILES string of the molecule is O=C(O)c1cccc(Cl)c1OCC(=O)N(Cc1ccccc1)Cc1ccc2c(c1)OCO2. The van der Waals surface area contributed by atoms with Gasteiger partial charge in [-0.05, 0) is 35.4 Å². The summed E-state index contributed by atoms with van der Waals surface area (Å²) in [6.07, 6.45) is 0. The van der Waals surface area contributed by atoms with Crippen molar-refractivity contribution in [1.29, 1.82) is 0 Å². The number of benzene rings is 3. The number of para-hydroxylation sites is 1. The smallest absolute Gasteiger partial charge is 0.339 e. The van der Waals surface area contributed by atoms with Gasteiger partial charge in [-0.1, -0.05) is 54.1 Å². The van der Waals surface area contributed by atoms with Gasteiger partial charge >= 0.3 is 5.97 Å². The summed E-state index contributed by atoms with van der Waals surface area (Å²) in [7, 11) is 0. The lowest BCUT2D eigenvalue weighted by atomic mass is 10.1. The zero-order valence-electron chi connectivity index (χ0n) is 17.0. The van der Waals surface area contributed by atoms with Crippen LogP contribution in [0.5, 0.6) is 17.2 Å². The topological polar surface area (TPSA) is 85.3 Å². The number of hydrogen-bond acceptors (Lipinski definition) is 5. The average molecular weight is 454 g/mol. The molecule has 7 nitrogen and oxygen atoms in total. The molecule has 3 aromatic rings. The monoisotopic (exact) mass is 453 g/mol. The van der Waals surface area contributed by atoms with E-state index in [1.807, 2.05) is 48.5 Å². The molecule has 0 fully saturated rings. The molecule has 0 saturated carbocycles. The van der Waals surface area contributed by atoms with Gasteiger partial charge < -0.3 is 24.2 Å². The van der Waals surface area contributed by atoms with Crippen molar-refractivity contribution in [1.82, 2.24) is 4.90 Å². The van der Waals surface area contributed by atoms with Crippen LogP contribution in [0.15, 0.2) is 66.7 Å². The van der Waals surface area contributed by atoms with Gasteiger partial charge in [0.05, 0.1) is 5.02 Å². The van der Waals surface area contributed by atoms with Gasteiger partial charge in [0, 0.05) is 13.1 Å². The lowest BCUT2D eigenvalue weighted by Gasteiger charge is -2.23. The lowest BCUT2D eigenvalue weighted by molar-refractivity contribution is -0.134. The molecule has 164 valence electrons. The molecule has 0 atom stereocenters. The Morgan fingerprint density at radius 2 is 1.69 bits per heavy atom. The van der Waals surface area contributed by atoms with Crippen molar-refractivity contribution in [2.75, 3.05) is 13.4 Å². The molecule has 8 heteroatoms. The third-order valence-corrected chi connectivity index (χ3v) is 5.21. The van der Waals surface area contributed by atoms with Crippen LogP contribution in [0.2, 0.25) is 5.02 Å². The molecule has 32 heavy (non-hydrogen) atoms. The van der Waals surface area contributed by atoms with Crippen molar-refractivity contribution >= 4 is 23.5 Å². The normalized spacial score (nSPS) is 11.8. The van der Waals surface area contributed by atoms with E-state index < -0.39 is 5.97 Å². The lowest BCUT2D eigenvalue weighted by Crippen LogP contribution is -2.34. The second kappa shape index (κ2) is 9.62. The molecule has 4 rings (SSSR count). The number of nitrogens with zero attached hydrogens (tertiary/aromatic N) is 1. The van der Waals surface area contributed by atoms with Crippen LogP contribution in [-0.4, -0.2) is 35.3 Å². The summed E-state index contributed by atoms with van der Waals surface area (Å²) in [6.45, 7) is 0.470. The Labute approximate surface area is 189 Å². The fourth-order valence-corrected chi connectivity index (χ4v) is 3.57. The Morgan fingerprint density at radius 1 is 0.938 bits per heavy atom. The van der Waals surface area contributed by atoms with Crippen molar-refractivity contribution in [2.45, 2.75) is 13.1 Å². The van der Waals surface area contributed by atoms with Crippen LogP contribution in [0.1, 0.15) is 21.5 Å². The van der Waals surface area contributed by atoms with Crippen LogP contribution in [0.3, 0.4) is 0 Å². The zero-order chi connectivity index (χ0) is 22.5. The Hall–Kier alpha value is -3.71. The highest BCUT2D eigenvalue weighted by Crippen LogP contribution is 2.33. The minimum absolute atomic E-state index is 0.0299. The number of carbonyl (C=O) groups excluding carboxylic acids is 1. The van der Waals surface area contributed by atoms with E-state index >= 15 is 0 Å². The molecule has 1 N–H and O–H groups in total. The van der Waals surface area contributed by atoms with Gasteiger partial charge in [0.2, 0.25) is 6.79 Å². The van der Waals surface area contributed by atoms with E-state index in [2.05, 4.69) is 0 Å². The molecule has 0 aliphatic carbocycles. The Kier molecular flexibility index (Phi) is 6.47. The summed E-state index contributed by atoms with van der Waals surface area (Å²) >= 11 is 6.11. The third-order valence-electron chi connectivity index (χ3n) is 4.92. The summed E-state index contributed by atoms with van der Waals surface area (Å²) < 4.78 is 16.4. The van der Waals surface area contributed by atoms with Crippen LogP contribution in [0.4, 0.5) is 0 Å². The number of fused-ring (bicyclic) bond motifs is 1. The van der Waals surface area contributed by atoms with Crippen molar-refractivity contribution in [3.63, 3.8) is 0 Å². The molecular formula is C24H20ClNO6. The van der Waals surface area contributed by atoms with E-state index in [4.69, 9.17) is 25.8 Å².